The molecule has 2 rings (SSSR count). The molecule has 5 nitrogen and oxygen atoms in total. The second-order valence-electron chi connectivity index (χ2n) is 5.24. The lowest BCUT2D eigenvalue weighted by Crippen LogP contribution is -2.03. The van der Waals surface area contributed by atoms with Crippen molar-refractivity contribution in [2.75, 3.05) is 35.2 Å². The van der Waals surface area contributed by atoms with Crippen LogP contribution in [-0.4, -0.2) is 35.2 Å². The van der Waals surface area contributed by atoms with E-state index < -0.39 is 0 Å². The van der Waals surface area contributed by atoms with Crippen molar-refractivity contribution >= 4 is 6.08 Å². The molecular formula is C20H24O5. The molecule has 5 heteroatoms. The molecule has 134 valence electrons. The van der Waals surface area contributed by atoms with E-state index >= 15 is 0 Å². The van der Waals surface area contributed by atoms with Gasteiger partial charge >= 0.3 is 0 Å². The van der Waals surface area contributed by atoms with E-state index in [4.69, 9.17) is 23.7 Å². The molecule has 25 heavy (non-hydrogen) atoms. The molecule has 0 aliphatic carbocycles. The Morgan fingerprint density at radius 1 is 0.800 bits per heavy atom. The summed E-state index contributed by atoms with van der Waals surface area (Å²) in [7, 11) is 6.48. The Bertz CT molecular complexity index is 692. The van der Waals surface area contributed by atoms with Crippen molar-refractivity contribution in [1.82, 2.24) is 0 Å². The number of rotatable bonds is 9. The summed E-state index contributed by atoms with van der Waals surface area (Å²) in [5.41, 5.74) is 2.03. The van der Waals surface area contributed by atoms with Crippen molar-refractivity contribution < 1.29 is 23.7 Å². The zero-order chi connectivity index (χ0) is 18.1. The Labute approximate surface area is 148 Å². The predicted molar refractivity (Wildman–Crippen MR) is 97.8 cm³/mol. The van der Waals surface area contributed by atoms with E-state index in [1.54, 1.807) is 28.4 Å². The lowest BCUT2D eigenvalue weighted by molar-refractivity contribution is 0.0502. The van der Waals surface area contributed by atoms with Gasteiger partial charge in [-0.15, -0.1) is 0 Å². The topological polar surface area (TPSA) is 46.2 Å². The molecule has 0 unspecified atom stereocenters. The Kier molecular flexibility index (Phi) is 7.16. The molecule has 0 aliphatic rings. The minimum absolute atomic E-state index is 0.158. The highest BCUT2D eigenvalue weighted by Crippen LogP contribution is 2.35. The van der Waals surface area contributed by atoms with Crippen LogP contribution in [0.25, 0.3) is 6.08 Å². The summed E-state index contributed by atoms with van der Waals surface area (Å²) < 4.78 is 26.6. The maximum Gasteiger partial charge on any atom is 0.188 e. The van der Waals surface area contributed by atoms with Crippen LogP contribution in [0.2, 0.25) is 0 Å². The third-order valence-corrected chi connectivity index (χ3v) is 3.68. The Hall–Kier alpha value is -2.66. The van der Waals surface area contributed by atoms with Crippen LogP contribution in [0.15, 0.2) is 42.5 Å². The molecule has 0 heterocycles. The van der Waals surface area contributed by atoms with Gasteiger partial charge in [0.1, 0.15) is 23.0 Å². The molecule has 0 aliphatic heterocycles. The van der Waals surface area contributed by atoms with Crippen LogP contribution in [0.1, 0.15) is 11.1 Å². The molecule has 0 fully saturated rings. The highest BCUT2D eigenvalue weighted by molar-refractivity contribution is 5.55. The summed E-state index contributed by atoms with van der Waals surface area (Å²) in [4.78, 5) is 0. The summed E-state index contributed by atoms with van der Waals surface area (Å²) in [5, 5.41) is 0. The molecule has 0 atom stereocenters. The van der Waals surface area contributed by atoms with Gasteiger partial charge in [-0.25, -0.2) is 0 Å². The summed E-state index contributed by atoms with van der Waals surface area (Å²) in [6, 6.07) is 11.5. The molecule has 2 aromatic carbocycles. The Morgan fingerprint density at radius 3 is 2.08 bits per heavy atom. The first kappa shape index (κ1) is 18.7. The van der Waals surface area contributed by atoms with E-state index in [1.165, 1.54) is 0 Å². The second kappa shape index (κ2) is 9.59. The third-order valence-electron chi connectivity index (χ3n) is 3.68. The lowest BCUT2D eigenvalue weighted by Gasteiger charge is -2.15. The molecular weight excluding hydrogens is 320 g/mol. The number of ether oxygens (including phenoxy) is 5. The third kappa shape index (κ3) is 5.16. The molecule has 0 N–H and O–H groups in total. The van der Waals surface area contributed by atoms with Gasteiger partial charge in [0.25, 0.3) is 0 Å². The molecule has 0 amide bonds. The first-order valence-electron chi connectivity index (χ1n) is 7.89. The van der Waals surface area contributed by atoms with Gasteiger partial charge in [0, 0.05) is 24.8 Å². The van der Waals surface area contributed by atoms with Gasteiger partial charge in [0.2, 0.25) is 0 Å². The average molecular weight is 344 g/mol. The quantitative estimate of drug-likeness (QED) is 0.645. The standard InChI is InChI=1S/C20H24O5/c1-21-14-25-20-13-17(23-3)12-19(24-4)18(20)7-5-6-15-8-10-16(22-2)11-9-15/h5-6,8-13H,7,14H2,1-4H3/b6-5+. The van der Waals surface area contributed by atoms with E-state index in [-0.39, 0.29) is 6.79 Å². The van der Waals surface area contributed by atoms with Crippen molar-refractivity contribution in [1.29, 1.82) is 0 Å². The van der Waals surface area contributed by atoms with Gasteiger partial charge < -0.3 is 23.7 Å². The fourth-order valence-corrected chi connectivity index (χ4v) is 2.38. The molecule has 0 bridgehead atoms. The molecule has 0 radical (unpaired) electrons. The maximum atomic E-state index is 5.67. The van der Waals surface area contributed by atoms with Crippen molar-refractivity contribution in [3.8, 4) is 23.0 Å². The normalized spacial score (nSPS) is 10.7. The van der Waals surface area contributed by atoms with Crippen molar-refractivity contribution in [3.63, 3.8) is 0 Å². The number of benzene rings is 2. The van der Waals surface area contributed by atoms with Crippen LogP contribution in [0.3, 0.4) is 0 Å². The van der Waals surface area contributed by atoms with Crippen LogP contribution >= 0.6 is 0 Å². The Morgan fingerprint density at radius 2 is 1.48 bits per heavy atom. The van der Waals surface area contributed by atoms with Gasteiger partial charge in [-0.3, -0.25) is 0 Å². The van der Waals surface area contributed by atoms with E-state index in [9.17, 15) is 0 Å². The lowest BCUT2D eigenvalue weighted by atomic mass is 10.1. The minimum atomic E-state index is 0.158. The van der Waals surface area contributed by atoms with Gasteiger partial charge in [0.15, 0.2) is 6.79 Å². The number of methoxy groups -OCH3 is 4. The first-order chi connectivity index (χ1) is 12.2. The highest BCUT2D eigenvalue weighted by atomic mass is 16.7. The Balaban J connectivity index is 2.21. The molecule has 0 saturated carbocycles. The van der Waals surface area contributed by atoms with E-state index in [0.717, 1.165) is 16.9 Å². The minimum Gasteiger partial charge on any atom is -0.497 e. The first-order valence-corrected chi connectivity index (χ1v) is 7.89. The molecule has 2 aromatic rings. The second-order valence-corrected chi connectivity index (χ2v) is 5.24. The smallest absolute Gasteiger partial charge is 0.188 e. The average Bonchev–Trinajstić information content (AvgIpc) is 2.67. The van der Waals surface area contributed by atoms with Gasteiger partial charge in [-0.1, -0.05) is 24.3 Å². The van der Waals surface area contributed by atoms with E-state index in [1.807, 2.05) is 42.5 Å². The summed E-state index contributed by atoms with van der Waals surface area (Å²) in [5.74, 6) is 2.90. The van der Waals surface area contributed by atoms with E-state index in [2.05, 4.69) is 6.08 Å². The van der Waals surface area contributed by atoms with Gasteiger partial charge in [0.05, 0.1) is 21.3 Å². The largest absolute Gasteiger partial charge is 0.497 e. The SMILES string of the molecule is COCOc1cc(OC)cc(OC)c1C/C=C/c1ccc(OC)cc1. The molecule has 0 saturated heterocycles. The van der Waals surface area contributed by atoms with Crippen LogP contribution in [-0.2, 0) is 11.2 Å². The van der Waals surface area contributed by atoms with Crippen molar-refractivity contribution in [2.45, 2.75) is 6.42 Å². The van der Waals surface area contributed by atoms with Gasteiger partial charge in [-0.05, 0) is 24.1 Å². The van der Waals surface area contributed by atoms with Crippen LogP contribution in [0.5, 0.6) is 23.0 Å². The summed E-state index contributed by atoms with van der Waals surface area (Å²) in [6.07, 6.45) is 4.76. The molecule has 0 spiro atoms. The predicted octanol–water partition coefficient (Wildman–Crippen LogP) is 3.95. The van der Waals surface area contributed by atoms with Crippen molar-refractivity contribution in [3.05, 3.63) is 53.6 Å². The number of hydrogen-bond donors (Lipinski definition) is 0. The molecule has 0 aromatic heterocycles. The van der Waals surface area contributed by atoms with Crippen LogP contribution in [0.4, 0.5) is 0 Å². The van der Waals surface area contributed by atoms with Gasteiger partial charge in [-0.2, -0.15) is 0 Å². The van der Waals surface area contributed by atoms with E-state index in [0.29, 0.717) is 23.7 Å². The van der Waals surface area contributed by atoms with Crippen LogP contribution in [0, 0.1) is 0 Å². The number of hydrogen-bond acceptors (Lipinski definition) is 5. The monoisotopic (exact) mass is 344 g/mol. The van der Waals surface area contributed by atoms with Crippen LogP contribution < -0.4 is 18.9 Å². The fraction of sp³-hybridized carbons (Fsp3) is 0.300. The summed E-state index contributed by atoms with van der Waals surface area (Å²) >= 11 is 0. The van der Waals surface area contributed by atoms with Crippen molar-refractivity contribution in [2.24, 2.45) is 0 Å². The zero-order valence-corrected chi connectivity index (χ0v) is 15.1. The highest BCUT2D eigenvalue weighted by Gasteiger charge is 2.12. The summed E-state index contributed by atoms with van der Waals surface area (Å²) in [6.45, 7) is 0.158. The maximum absolute atomic E-state index is 5.67. The number of allylic oxidation sites excluding steroid dienone is 1. The zero-order valence-electron chi connectivity index (χ0n) is 15.1. The fourth-order valence-electron chi connectivity index (χ4n) is 2.38.